The van der Waals surface area contributed by atoms with Gasteiger partial charge in [0.15, 0.2) is 0 Å². The zero-order valence-electron chi connectivity index (χ0n) is 10.9. The molecule has 0 saturated carbocycles. The van der Waals surface area contributed by atoms with E-state index in [9.17, 15) is 9.59 Å². The number of halogens is 1. The van der Waals surface area contributed by atoms with E-state index in [-0.39, 0.29) is 43.2 Å². The lowest BCUT2D eigenvalue weighted by Crippen LogP contribution is -2.43. The summed E-state index contributed by atoms with van der Waals surface area (Å²) < 4.78 is 0. The third-order valence-electron chi connectivity index (χ3n) is 2.41. The second-order valence-corrected chi connectivity index (χ2v) is 4.14. The molecular weight excluding hydrogens is 266 g/mol. The maximum absolute atomic E-state index is 11.6. The molecule has 0 bridgehead atoms. The van der Waals surface area contributed by atoms with Gasteiger partial charge in [0, 0.05) is 12.6 Å². The van der Waals surface area contributed by atoms with Crippen molar-refractivity contribution in [2.45, 2.75) is 19.4 Å². The molecule has 5 nitrogen and oxygen atoms in total. The van der Waals surface area contributed by atoms with Gasteiger partial charge in [-0.3, -0.25) is 9.59 Å². The first kappa shape index (κ1) is 17.4. The molecule has 1 atom stereocenters. The Kier molecular flexibility index (Phi) is 8.57. The number of hydrogen-bond donors (Lipinski definition) is 3. The topological polar surface area (TPSA) is 84.2 Å². The molecule has 0 heterocycles. The van der Waals surface area contributed by atoms with Gasteiger partial charge in [-0.05, 0) is 12.5 Å². The molecular formula is C13H20ClN3O2. The lowest BCUT2D eigenvalue weighted by molar-refractivity contribution is -0.126. The SMILES string of the molecule is C[C@@H](CN)NC(=O)CNC(=O)Cc1ccccc1.Cl. The minimum atomic E-state index is -0.227. The van der Waals surface area contributed by atoms with E-state index in [2.05, 4.69) is 10.6 Å². The molecule has 1 aromatic carbocycles. The Morgan fingerprint density at radius 3 is 2.42 bits per heavy atom. The Hall–Kier alpha value is -1.59. The fourth-order valence-corrected chi connectivity index (χ4v) is 1.41. The molecule has 1 aromatic rings. The third kappa shape index (κ3) is 7.43. The van der Waals surface area contributed by atoms with Gasteiger partial charge in [-0.1, -0.05) is 30.3 Å². The molecule has 0 saturated heterocycles. The number of carbonyl (C=O) groups is 2. The van der Waals surface area contributed by atoms with Crippen LogP contribution in [-0.4, -0.2) is 30.9 Å². The second kappa shape index (κ2) is 9.35. The van der Waals surface area contributed by atoms with Gasteiger partial charge < -0.3 is 16.4 Å². The number of rotatable bonds is 6. The van der Waals surface area contributed by atoms with Crippen LogP contribution in [0, 0.1) is 0 Å². The first-order valence-corrected chi connectivity index (χ1v) is 5.92. The van der Waals surface area contributed by atoms with Crippen LogP contribution in [0.3, 0.4) is 0 Å². The van der Waals surface area contributed by atoms with E-state index in [1.54, 1.807) is 0 Å². The van der Waals surface area contributed by atoms with Crippen LogP contribution in [0.2, 0.25) is 0 Å². The van der Waals surface area contributed by atoms with Gasteiger partial charge in [0.25, 0.3) is 0 Å². The van der Waals surface area contributed by atoms with E-state index < -0.39 is 0 Å². The summed E-state index contributed by atoms with van der Waals surface area (Å²) in [7, 11) is 0. The molecule has 1 rings (SSSR count). The number of hydrogen-bond acceptors (Lipinski definition) is 3. The fraction of sp³-hybridized carbons (Fsp3) is 0.385. The zero-order valence-corrected chi connectivity index (χ0v) is 11.7. The van der Waals surface area contributed by atoms with Crippen LogP contribution in [0.4, 0.5) is 0 Å². The van der Waals surface area contributed by atoms with Gasteiger partial charge in [0.1, 0.15) is 0 Å². The van der Waals surface area contributed by atoms with Gasteiger partial charge in [0.2, 0.25) is 11.8 Å². The van der Waals surface area contributed by atoms with E-state index in [1.165, 1.54) is 0 Å². The summed E-state index contributed by atoms with van der Waals surface area (Å²) in [5.41, 5.74) is 6.30. The summed E-state index contributed by atoms with van der Waals surface area (Å²) in [5, 5.41) is 5.24. The Labute approximate surface area is 119 Å². The molecule has 0 aliphatic heterocycles. The van der Waals surface area contributed by atoms with E-state index >= 15 is 0 Å². The summed E-state index contributed by atoms with van der Waals surface area (Å²) in [6, 6.07) is 9.30. The van der Waals surface area contributed by atoms with Crippen LogP contribution in [-0.2, 0) is 16.0 Å². The van der Waals surface area contributed by atoms with Crippen molar-refractivity contribution in [2.24, 2.45) is 5.73 Å². The van der Waals surface area contributed by atoms with Gasteiger partial charge in [-0.25, -0.2) is 0 Å². The molecule has 0 radical (unpaired) electrons. The van der Waals surface area contributed by atoms with Crippen LogP contribution in [0.1, 0.15) is 12.5 Å². The number of benzene rings is 1. The van der Waals surface area contributed by atoms with Crippen LogP contribution >= 0.6 is 12.4 Å². The predicted molar refractivity (Wildman–Crippen MR) is 77.1 cm³/mol. The average molecular weight is 286 g/mol. The lowest BCUT2D eigenvalue weighted by atomic mass is 10.1. The summed E-state index contributed by atoms with van der Waals surface area (Å²) in [4.78, 5) is 22.9. The minimum absolute atomic E-state index is 0. The minimum Gasteiger partial charge on any atom is -0.351 e. The molecule has 0 aromatic heterocycles. The molecule has 4 N–H and O–H groups in total. The van der Waals surface area contributed by atoms with Crippen LogP contribution in [0.15, 0.2) is 30.3 Å². The quantitative estimate of drug-likeness (QED) is 0.700. The standard InChI is InChI=1S/C13H19N3O2.ClH/c1-10(8-14)16-13(18)9-15-12(17)7-11-5-3-2-4-6-11;/h2-6,10H,7-9,14H2,1H3,(H,15,17)(H,16,18);1H/t10-;/m0./s1. The van der Waals surface area contributed by atoms with E-state index in [0.717, 1.165) is 5.56 Å². The summed E-state index contributed by atoms with van der Waals surface area (Å²) in [6.45, 7) is 2.17. The van der Waals surface area contributed by atoms with Crippen molar-refractivity contribution in [1.29, 1.82) is 0 Å². The third-order valence-corrected chi connectivity index (χ3v) is 2.41. The predicted octanol–water partition coefficient (Wildman–Crippen LogP) is 0.231. The van der Waals surface area contributed by atoms with E-state index in [4.69, 9.17) is 5.73 Å². The molecule has 2 amide bonds. The first-order valence-electron chi connectivity index (χ1n) is 5.92. The molecule has 0 fully saturated rings. The maximum Gasteiger partial charge on any atom is 0.239 e. The van der Waals surface area contributed by atoms with Crippen molar-refractivity contribution in [3.63, 3.8) is 0 Å². The van der Waals surface area contributed by atoms with Crippen molar-refractivity contribution < 1.29 is 9.59 Å². The van der Waals surface area contributed by atoms with Crippen LogP contribution in [0.25, 0.3) is 0 Å². The Morgan fingerprint density at radius 1 is 1.21 bits per heavy atom. The largest absolute Gasteiger partial charge is 0.351 e. The van der Waals surface area contributed by atoms with Gasteiger partial charge in [-0.2, -0.15) is 0 Å². The lowest BCUT2D eigenvalue weighted by Gasteiger charge is -2.11. The van der Waals surface area contributed by atoms with Crippen molar-refractivity contribution in [2.75, 3.05) is 13.1 Å². The average Bonchev–Trinajstić information content (AvgIpc) is 2.37. The van der Waals surface area contributed by atoms with Crippen molar-refractivity contribution in [3.05, 3.63) is 35.9 Å². The van der Waals surface area contributed by atoms with E-state index in [0.29, 0.717) is 6.54 Å². The monoisotopic (exact) mass is 285 g/mol. The Balaban J connectivity index is 0.00000324. The van der Waals surface area contributed by atoms with Crippen molar-refractivity contribution >= 4 is 24.2 Å². The molecule has 19 heavy (non-hydrogen) atoms. The van der Waals surface area contributed by atoms with Crippen LogP contribution in [0.5, 0.6) is 0 Å². The van der Waals surface area contributed by atoms with E-state index in [1.807, 2.05) is 37.3 Å². The number of amides is 2. The highest BCUT2D eigenvalue weighted by molar-refractivity contribution is 5.86. The highest BCUT2D eigenvalue weighted by Gasteiger charge is 2.08. The summed E-state index contributed by atoms with van der Waals surface area (Å²) in [6.07, 6.45) is 0.278. The van der Waals surface area contributed by atoms with Gasteiger partial charge in [0.05, 0.1) is 13.0 Å². The molecule has 0 unspecified atom stereocenters. The van der Waals surface area contributed by atoms with Crippen molar-refractivity contribution in [1.82, 2.24) is 10.6 Å². The molecule has 106 valence electrons. The Bertz CT molecular complexity index is 398. The molecule has 6 heteroatoms. The molecule has 0 aliphatic carbocycles. The van der Waals surface area contributed by atoms with Crippen LogP contribution < -0.4 is 16.4 Å². The number of nitrogens with two attached hydrogens (primary N) is 1. The summed E-state index contributed by atoms with van der Waals surface area (Å²) >= 11 is 0. The smallest absolute Gasteiger partial charge is 0.239 e. The number of carbonyl (C=O) groups excluding carboxylic acids is 2. The Morgan fingerprint density at radius 2 is 1.84 bits per heavy atom. The first-order chi connectivity index (χ1) is 8.61. The molecule has 0 aliphatic rings. The molecule has 0 spiro atoms. The van der Waals surface area contributed by atoms with Gasteiger partial charge in [-0.15, -0.1) is 12.4 Å². The van der Waals surface area contributed by atoms with Crippen molar-refractivity contribution in [3.8, 4) is 0 Å². The number of nitrogens with one attached hydrogen (secondary N) is 2. The fourth-order valence-electron chi connectivity index (χ4n) is 1.41. The zero-order chi connectivity index (χ0) is 13.4. The normalized spacial score (nSPS) is 11.1. The maximum atomic E-state index is 11.6. The second-order valence-electron chi connectivity index (χ2n) is 4.14. The highest BCUT2D eigenvalue weighted by atomic mass is 35.5. The van der Waals surface area contributed by atoms with Gasteiger partial charge >= 0.3 is 0 Å². The summed E-state index contributed by atoms with van der Waals surface area (Å²) in [5.74, 6) is -0.397. The highest BCUT2D eigenvalue weighted by Crippen LogP contribution is 1.98.